The molecule has 1 fully saturated rings. The van der Waals surface area contributed by atoms with Crippen molar-refractivity contribution < 1.29 is 9.53 Å². The maximum Gasteiger partial charge on any atom is 0.227 e. The minimum absolute atomic E-state index is 0.0280. The molecule has 0 saturated carbocycles. The topological polar surface area (TPSA) is 67.3 Å². The van der Waals surface area contributed by atoms with Gasteiger partial charge in [0.15, 0.2) is 5.78 Å². The lowest BCUT2D eigenvalue weighted by molar-refractivity contribution is -0.114. The van der Waals surface area contributed by atoms with Crippen molar-refractivity contribution in [1.82, 2.24) is 9.97 Å². The number of carbonyl (C=O) groups is 1. The summed E-state index contributed by atoms with van der Waals surface area (Å²) in [7, 11) is 1.62. The minimum atomic E-state index is -0.0280. The maximum absolute atomic E-state index is 11.8. The average Bonchev–Trinajstić information content (AvgIpc) is 2.85. The number of ether oxygens (including phenoxy) is 1. The van der Waals surface area contributed by atoms with E-state index in [4.69, 9.17) is 9.72 Å². The van der Waals surface area contributed by atoms with E-state index in [1.807, 2.05) is 30.3 Å². The molecule has 1 N–H and O–H groups in total. The third-order valence-corrected chi connectivity index (χ3v) is 5.62. The molecule has 6 heteroatoms. The Balaban J connectivity index is 1.58. The fraction of sp³-hybridized carbons (Fsp3) is 0.269. The van der Waals surface area contributed by atoms with Crippen LogP contribution in [0.2, 0.25) is 0 Å². The highest BCUT2D eigenvalue weighted by Gasteiger charge is 2.13. The summed E-state index contributed by atoms with van der Waals surface area (Å²) in [5.74, 6) is 1.17. The van der Waals surface area contributed by atoms with Crippen LogP contribution in [0.25, 0.3) is 11.3 Å². The lowest BCUT2D eigenvalue weighted by atomic mass is 10.0. The maximum atomic E-state index is 11.8. The number of anilines is 3. The predicted molar refractivity (Wildman–Crippen MR) is 129 cm³/mol. The molecule has 0 amide bonds. The van der Waals surface area contributed by atoms with E-state index in [1.54, 1.807) is 13.3 Å². The third-order valence-electron chi connectivity index (χ3n) is 5.62. The number of benzene rings is 2. The molecule has 0 unspecified atom stereocenters. The van der Waals surface area contributed by atoms with Crippen molar-refractivity contribution in [2.75, 3.05) is 30.4 Å². The monoisotopic (exact) mass is 428 g/mol. The number of carbonyl (C=O) groups excluding carboxylic acids is 1. The Hall–Kier alpha value is -3.67. The number of allylic oxidation sites excluding steroid dienone is 1. The van der Waals surface area contributed by atoms with Crippen LogP contribution in [0.5, 0.6) is 5.75 Å². The van der Waals surface area contributed by atoms with E-state index >= 15 is 0 Å². The standard InChI is InChI=1S/C26H28N4O2/c1-3-22(31)16-19-10-11-25(32-2)23(17-19)24-12-13-27-26(29-24)28-20-8-7-9-21(18-20)30-14-5-4-6-15-30/h3,7-13,17-18H,1,4-6,14-16H2,2H3,(H,27,28,29). The first kappa shape index (κ1) is 21.6. The smallest absolute Gasteiger partial charge is 0.227 e. The second kappa shape index (κ2) is 10.1. The summed E-state index contributed by atoms with van der Waals surface area (Å²) < 4.78 is 5.54. The molecule has 3 aromatic rings. The van der Waals surface area contributed by atoms with Crippen molar-refractivity contribution >= 4 is 23.1 Å². The summed E-state index contributed by atoms with van der Waals surface area (Å²) in [6, 6.07) is 15.9. The molecule has 2 heterocycles. The van der Waals surface area contributed by atoms with Gasteiger partial charge in [-0.1, -0.05) is 18.7 Å². The van der Waals surface area contributed by atoms with Gasteiger partial charge in [-0.05, 0) is 67.3 Å². The van der Waals surface area contributed by atoms with Crippen molar-refractivity contribution in [3.63, 3.8) is 0 Å². The van der Waals surface area contributed by atoms with E-state index in [0.29, 0.717) is 18.1 Å². The molecule has 32 heavy (non-hydrogen) atoms. The molecule has 0 radical (unpaired) electrons. The van der Waals surface area contributed by atoms with Crippen molar-refractivity contribution in [3.05, 3.63) is 72.9 Å². The summed E-state index contributed by atoms with van der Waals surface area (Å²) in [6.07, 6.45) is 7.14. The molecule has 1 aliphatic heterocycles. The molecule has 1 aromatic heterocycles. The van der Waals surface area contributed by atoms with Crippen molar-refractivity contribution in [1.29, 1.82) is 0 Å². The van der Waals surface area contributed by atoms with Gasteiger partial charge in [0.25, 0.3) is 0 Å². The van der Waals surface area contributed by atoms with E-state index in [0.717, 1.165) is 35.6 Å². The minimum Gasteiger partial charge on any atom is -0.496 e. The van der Waals surface area contributed by atoms with Crippen molar-refractivity contribution in [2.24, 2.45) is 0 Å². The molecule has 164 valence electrons. The Labute approximate surface area is 189 Å². The third kappa shape index (κ3) is 5.14. The number of nitrogens with zero attached hydrogens (tertiary/aromatic N) is 3. The van der Waals surface area contributed by atoms with E-state index in [9.17, 15) is 4.79 Å². The zero-order valence-electron chi connectivity index (χ0n) is 18.4. The molecule has 0 spiro atoms. The second-order valence-corrected chi connectivity index (χ2v) is 7.87. The summed E-state index contributed by atoms with van der Waals surface area (Å²) in [6.45, 7) is 5.75. The highest BCUT2D eigenvalue weighted by Crippen LogP contribution is 2.31. The molecule has 1 aliphatic rings. The summed E-state index contributed by atoms with van der Waals surface area (Å²) in [4.78, 5) is 23.3. The molecular weight excluding hydrogens is 400 g/mol. The van der Waals surface area contributed by atoms with Crippen LogP contribution >= 0.6 is 0 Å². The van der Waals surface area contributed by atoms with Gasteiger partial charge < -0.3 is 15.0 Å². The van der Waals surface area contributed by atoms with Gasteiger partial charge in [0.05, 0.1) is 12.8 Å². The molecule has 6 nitrogen and oxygen atoms in total. The number of piperidine rings is 1. The van der Waals surface area contributed by atoms with Gasteiger partial charge in [-0.15, -0.1) is 0 Å². The SMILES string of the molecule is C=CC(=O)Cc1ccc(OC)c(-c2ccnc(Nc3cccc(N4CCCCC4)c3)n2)c1. The summed E-state index contributed by atoms with van der Waals surface area (Å²) >= 11 is 0. The fourth-order valence-electron chi connectivity index (χ4n) is 3.97. The van der Waals surface area contributed by atoms with Crippen LogP contribution in [0.15, 0.2) is 67.4 Å². The van der Waals surface area contributed by atoms with Gasteiger partial charge in [-0.25, -0.2) is 9.97 Å². The van der Waals surface area contributed by atoms with Crippen molar-refractivity contribution in [2.45, 2.75) is 25.7 Å². The number of nitrogens with one attached hydrogen (secondary N) is 1. The van der Waals surface area contributed by atoms with Gasteiger partial charge in [-0.2, -0.15) is 0 Å². The predicted octanol–water partition coefficient (Wildman–Crippen LogP) is 5.18. The Morgan fingerprint density at radius 1 is 1.16 bits per heavy atom. The van der Waals surface area contributed by atoms with Crippen LogP contribution in [0.1, 0.15) is 24.8 Å². The zero-order valence-corrected chi connectivity index (χ0v) is 18.4. The van der Waals surface area contributed by atoms with Crippen LogP contribution in [-0.2, 0) is 11.2 Å². The van der Waals surface area contributed by atoms with Crippen molar-refractivity contribution in [3.8, 4) is 17.0 Å². The highest BCUT2D eigenvalue weighted by atomic mass is 16.5. The lowest BCUT2D eigenvalue weighted by Crippen LogP contribution is -2.29. The van der Waals surface area contributed by atoms with E-state index < -0.39 is 0 Å². The Kier molecular flexibility index (Phi) is 6.80. The summed E-state index contributed by atoms with van der Waals surface area (Å²) in [5, 5.41) is 3.33. The first-order valence-electron chi connectivity index (χ1n) is 10.9. The largest absolute Gasteiger partial charge is 0.496 e. The van der Waals surface area contributed by atoms with Gasteiger partial charge in [0, 0.05) is 42.6 Å². The number of ketones is 1. The first-order chi connectivity index (χ1) is 15.7. The van der Waals surface area contributed by atoms with E-state index in [1.165, 1.54) is 31.0 Å². The molecule has 0 aliphatic carbocycles. The normalized spacial score (nSPS) is 13.5. The molecule has 4 rings (SSSR count). The second-order valence-electron chi connectivity index (χ2n) is 7.87. The van der Waals surface area contributed by atoms with Crippen LogP contribution in [0.3, 0.4) is 0 Å². The Morgan fingerprint density at radius 2 is 2.00 bits per heavy atom. The van der Waals surface area contributed by atoms with Crippen LogP contribution in [-0.4, -0.2) is 36.0 Å². The zero-order chi connectivity index (χ0) is 22.3. The Morgan fingerprint density at radius 3 is 2.78 bits per heavy atom. The van der Waals surface area contributed by atoms with Gasteiger partial charge in [0.2, 0.25) is 5.95 Å². The van der Waals surface area contributed by atoms with Gasteiger partial charge in [-0.3, -0.25) is 4.79 Å². The molecule has 1 saturated heterocycles. The van der Waals surface area contributed by atoms with E-state index in [2.05, 4.69) is 40.0 Å². The molecule has 0 bridgehead atoms. The van der Waals surface area contributed by atoms with Gasteiger partial charge in [0.1, 0.15) is 5.75 Å². The Bertz CT molecular complexity index is 1110. The molecule has 0 atom stereocenters. The molecular formula is C26H28N4O2. The first-order valence-corrected chi connectivity index (χ1v) is 10.9. The quantitative estimate of drug-likeness (QED) is 0.499. The number of hydrogen-bond acceptors (Lipinski definition) is 6. The number of hydrogen-bond donors (Lipinski definition) is 1. The fourth-order valence-corrected chi connectivity index (χ4v) is 3.97. The summed E-state index contributed by atoms with van der Waals surface area (Å²) in [5.41, 5.74) is 4.58. The molecule has 2 aromatic carbocycles. The van der Waals surface area contributed by atoms with Crippen LogP contribution in [0.4, 0.5) is 17.3 Å². The van der Waals surface area contributed by atoms with Gasteiger partial charge >= 0.3 is 0 Å². The van der Waals surface area contributed by atoms with E-state index in [-0.39, 0.29) is 5.78 Å². The number of rotatable bonds is 8. The van der Waals surface area contributed by atoms with Crippen LogP contribution in [0, 0.1) is 0 Å². The number of methoxy groups -OCH3 is 1. The lowest BCUT2D eigenvalue weighted by Gasteiger charge is -2.29. The number of aromatic nitrogens is 2. The highest BCUT2D eigenvalue weighted by molar-refractivity contribution is 5.91. The average molecular weight is 429 g/mol. The van der Waals surface area contributed by atoms with Crippen LogP contribution < -0.4 is 15.0 Å².